The maximum absolute atomic E-state index is 10.7. The molecule has 1 aliphatic rings. The molecule has 1 N–H and O–H groups in total. The van der Waals surface area contributed by atoms with Gasteiger partial charge < -0.3 is 5.11 Å². The molecule has 1 aromatic carbocycles. The Labute approximate surface area is 126 Å². The number of aliphatic hydroxyl groups excluding tert-OH is 1. The van der Waals surface area contributed by atoms with Gasteiger partial charge in [-0.15, -0.1) is 11.3 Å². The maximum Gasteiger partial charge on any atom is 0.0832 e. The molecule has 1 fully saturated rings. The lowest BCUT2D eigenvalue weighted by Gasteiger charge is -2.21. The summed E-state index contributed by atoms with van der Waals surface area (Å²) in [4.78, 5) is 0. The van der Waals surface area contributed by atoms with Gasteiger partial charge in [-0.1, -0.05) is 37.8 Å². The van der Waals surface area contributed by atoms with Gasteiger partial charge in [-0.25, -0.2) is 0 Å². The normalized spacial score (nSPS) is 19.5. The van der Waals surface area contributed by atoms with Crippen LogP contribution in [0.15, 0.2) is 28.1 Å². The van der Waals surface area contributed by atoms with Crippen LogP contribution in [-0.2, 0) is 0 Å². The highest BCUT2D eigenvalue weighted by atomic mass is 79.9. The summed E-state index contributed by atoms with van der Waals surface area (Å²) in [6.45, 7) is 0. The van der Waals surface area contributed by atoms with E-state index in [1.165, 1.54) is 48.6 Å². The number of hydrogen-bond acceptors (Lipinski definition) is 2. The van der Waals surface area contributed by atoms with Crippen molar-refractivity contribution in [1.29, 1.82) is 0 Å². The number of aliphatic hydroxyl groups is 1. The second-order valence-electron chi connectivity index (χ2n) is 5.50. The number of hydrogen-bond donors (Lipinski definition) is 1. The molecule has 0 amide bonds. The second kappa shape index (κ2) is 5.94. The Kier molecular flexibility index (Phi) is 4.25. The van der Waals surface area contributed by atoms with Crippen molar-refractivity contribution in [3.63, 3.8) is 0 Å². The van der Waals surface area contributed by atoms with Crippen molar-refractivity contribution >= 4 is 37.4 Å². The lowest BCUT2D eigenvalue weighted by Crippen LogP contribution is -2.11. The van der Waals surface area contributed by atoms with Crippen LogP contribution in [0.25, 0.3) is 10.1 Å². The first-order valence-electron chi connectivity index (χ1n) is 7.11. The summed E-state index contributed by atoms with van der Waals surface area (Å²) in [5, 5.41) is 14.1. The first-order chi connectivity index (χ1) is 9.27. The van der Waals surface area contributed by atoms with E-state index >= 15 is 0 Å². The van der Waals surface area contributed by atoms with Crippen LogP contribution in [0.2, 0.25) is 0 Å². The summed E-state index contributed by atoms with van der Waals surface area (Å²) >= 11 is 5.33. The lowest BCUT2D eigenvalue weighted by atomic mass is 9.89. The summed E-state index contributed by atoms with van der Waals surface area (Å²) < 4.78 is 2.39. The highest BCUT2D eigenvalue weighted by Crippen LogP contribution is 2.40. The summed E-state index contributed by atoms with van der Waals surface area (Å²) in [7, 11) is 0. The predicted octanol–water partition coefficient (Wildman–Crippen LogP) is 5.67. The zero-order valence-electron chi connectivity index (χ0n) is 10.9. The molecule has 1 atom stereocenters. The molecule has 0 aliphatic heterocycles. The van der Waals surface area contributed by atoms with E-state index < -0.39 is 0 Å². The van der Waals surface area contributed by atoms with Gasteiger partial charge in [-0.05, 0) is 57.1 Å². The number of rotatable bonds is 2. The van der Waals surface area contributed by atoms with Crippen molar-refractivity contribution in [3.05, 3.63) is 33.6 Å². The van der Waals surface area contributed by atoms with Crippen molar-refractivity contribution in [1.82, 2.24) is 0 Å². The van der Waals surface area contributed by atoms with Gasteiger partial charge in [0.15, 0.2) is 0 Å². The number of halogens is 1. The summed E-state index contributed by atoms with van der Waals surface area (Å²) in [5.74, 6) is 0.444. The Bertz CT molecular complexity index is 555. The Hall–Kier alpha value is -0.380. The minimum Gasteiger partial charge on any atom is -0.388 e. The molecule has 1 aromatic heterocycles. The molecular formula is C16H19BrOS. The Balaban J connectivity index is 1.92. The molecule has 0 saturated heterocycles. The van der Waals surface area contributed by atoms with Crippen molar-refractivity contribution in [2.24, 2.45) is 5.92 Å². The van der Waals surface area contributed by atoms with Gasteiger partial charge in [0, 0.05) is 9.17 Å². The number of benzene rings is 1. The molecule has 1 saturated carbocycles. The van der Waals surface area contributed by atoms with E-state index in [4.69, 9.17) is 0 Å². The van der Waals surface area contributed by atoms with Crippen LogP contribution in [0.3, 0.4) is 0 Å². The quantitative estimate of drug-likeness (QED) is 0.699. The van der Waals surface area contributed by atoms with Crippen LogP contribution in [-0.4, -0.2) is 5.11 Å². The lowest BCUT2D eigenvalue weighted by molar-refractivity contribution is 0.100. The molecule has 1 aliphatic carbocycles. The third kappa shape index (κ3) is 2.74. The average molecular weight is 339 g/mol. The molecule has 3 rings (SSSR count). The second-order valence-corrected chi connectivity index (χ2v) is 7.24. The zero-order valence-corrected chi connectivity index (χ0v) is 13.3. The topological polar surface area (TPSA) is 20.2 Å². The van der Waals surface area contributed by atoms with Gasteiger partial charge in [0.1, 0.15) is 0 Å². The molecule has 0 bridgehead atoms. The average Bonchev–Trinajstić information content (AvgIpc) is 2.67. The van der Waals surface area contributed by atoms with E-state index in [0.29, 0.717) is 5.92 Å². The van der Waals surface area contributed by atoms with Crippen molar-refractivity contribution < 1.29 is 5.11 Å². The smallest absolute Gasteiger partial charge is 0.0832 e. The van der Waals surface area contributed by atoms with Crippen LogP contribution in [0.4, 0.5) is 0 Å². The van der Waals surface area contributed by atoms with Gasteiger partial charge in [0.25, 0.3) is 0 Å². The minimum atomic E-state index is -0.291. The predicted molar refractivity (Wildman–Crippen MR) is 85.7 cm³/mol. The molecule has 1 nitrogen and oxygen atoms in total. The molecule has 2 aromatic rings. The van der Waals surface area contributed by atoms with E-state index in [9.17, 15) is 5.11 Å². The van der Waals surface area contributed by atoms with Crippen LogP contribution in [0, 0.1) is 5.92 Å². The fourth-order valence-electron chi connectivity index (χ4n) is 3.15. The van der Waals surface area contributed by atoms with E-state index in [-0.39, 0.29) is 6.10 Å². The molecule has 0 radical (unpaired) electrons. The molecule has 3 heteroatoms. The highest BCUT2D eigenvalue weighted by molar-refractivity contribution is 9.10. The van der Waals surface area contributed by atoms with Gasteiger partial charge in [-0.3, -0.25) is 0 Å². The number of thiophene rings is 1. The minimum absolute atomic E-state index is 0.291. The Morgan fingerprint density at radius 2 is 1.89 bits per heavy atom. The van der Waals surface area contributed by atoms with Crippen LogP contribution in [0.1, 0.15) is 50.2 Å². The number of fused-ring (bicyclic) bond motifs is 1. The fourth-order valence-corrected chi connectivity index (χ4v) is 4.80. The molecule has 1 unspecified atom stereocenters. The van der Waals surface area contributed by atoms with Crippen molar-refractivity contribution in [2.75, 3.05) is 0 Å². The largest absolute Gasteiger partial charge is 0.388 e. The molecule has 19 heavy (non-hydrogen) atoms. The van der Waals surface area contributed by atoms with Gasteiger partial charge in [0.05, 0.1) is 6.10 Å². The summed E-state index contributed by atoms with van der Waals surface area (Å²) in [5.41, 5.74) is 1.13. The molecule has 0 spiro atoms. The standard InChI is InChI=1S/C16H19BrOS/c17-14-9-5-8-12-13(10-19-16(12)14)15(18)11-6-3-1-2-4-7-11/h5,8-11,15,18H,1-4,6-7H2. The molecular weight excluding hydrogens is 320 g/mol. The SMILES string of the molecule is OC(c1csc2c(Br)cccc12)C1CCCCCC1. The fraction of sp³-hybridized carbons (Fsp3) is 0.500. The van der Waals surface area contributed by atoms with E-state index in [1.54, 1.807) is 11.3 Å². The van der Waals surface area contributed by atoms with E-state index in [1.807, 2.05) is 0 Å². The third-order valence-corrected chi connectivity index (χ3v) is 6.22. The monoisotopic (exact) mass is 338 g/mol. The first-order valence-corrected chi connectivity index (χ1v) is 8.78. The van der Waals surface area contributed by atoms with Crippen molar-refractivity contribution in [3.8, 4) is 0 Å². The van der Waals surface area contributed by atoms with E-state index in [2.05, 4.69) is 39.5 Å². The van der Waals surface area contributed by atoms with Crippen LogP contribution >= 0.6 is 27.3 Å². The summed E-state index contributed by atoms with van der Waals surface area (Å²) in [6, 6.07) is 6.26. The first kappa shape index (κ1) is 13.6. The Morgan fingerprint density at radius 1 is 1.16 bits per heavy atom. The van der Waals surface area contributed by atoms with Gasteiger partial charge >= 0.3 is 0 Å². The Morgan fingerprint density at radius 3 is 2.63 bits per heavy atom. The zero-order chi connectivity index (χ0) is 13.2. The van der Waals surface area contributed by atoms with Crippen molar-refractivity contribution in [2.45, 2.75) is 44.6 Å². The van der Waals surface area contributed by atoms with Crippen LogP contribution < -0.4 is 0 Å². The molecule has 1 heterocycles. The molecule has 102 valence electrons. The van der Waals surface area contributed by atoms with Crippen LogP contribution in [0.5, 0.6) is 0 Å². The highest BCUT2D eigenvalue weighted by Gasteiger charge is 2.24. The summed E-state index contributed by atoms with van der Waals surface area (Å²) in [6.07, 6.45) is 7.26. The maximum atomic E-state index is 10.7. The van der Waals surface area contributed by atoms with Gasteiger partial charge in [0.2, 0.25) is 0 Å². The van der Waals surface area contributed by atoms with E-state index in [0.717, 1.165) is 10.0 Å². The third-order valence-electron chi connectivity index (χ3n) is 4.25. The van der Waals surface area contributed by atoms with Gasteiger partial charge in [-0.2, -0.15) is 0 Å².